The summed E-state index contributed by atoms with van der Waals surface area (Å²) in [5.74, 6) is -0.497. The van der Waals surface area contributed by atoms with E-state index in [9.17, 15) is 9.18 Å². The van der Waals surface area contributed by atoms with Gasteiger partial charge in [0.25, 0.3) is 0 Å². The highest BCUT2D eigenvalue weighted by atomic mass is 32.1. The summed E-state index contributed by atoms with van der Waals surface area (Å²) in [5.41, 5.74) is 1.39. The van der Waals surface area contributed by atoms with Crippen molar-refractivity contribution in [1.29, 1.82) is 0 Å². The number of thiazole rings is 1. The Morgan fingerprint density at radius 3 is 3.04 bits per heavy atom. The summed E-state index contributed by atoms with van der Waals surface area (Å²) < 4.78 is 24.4. The summed E-state index contributed by atoms with van der Waals surface area (Å²) in [6, 6.07) is 6.65. The van der Waals surface area contributed by atoms with E-state index in [1.807, 2.05) is 5.38 Å². The molecule has 140 valence electrons. The zero-order chi connectivity index (χ0) is 18.4. The van der Waals surface area contributed by atoms with Crippen LogP contribution in [0.15, 0.2) is 29.6 Å². The average Bonchev–Trinajstić information content (AvgIpc) is 3.32. The molecule has 2 heterocycles. The summed E-state index contributed by atoms with van der Waals surface area (Å²) in [5, 5.41) is 2.62. The summed E-state index contributed by atoms with van der Waals surface area (Å²) in [4.78, 5) is 18.2. The second kappa shape index (κ2) is 9.21. The zero-order valence-corrected chi connectivity index (χ0v) is 15.6. The first-order chi connectivity index (χ1) is 12.7. The molecule has 1 aromatic carbocycles. The molecule has 1 unspecified atom stereocenters. The van der Waals surface area contributed by atoms with Gasteiger partial charge in [0.15, 0.2) is 0 Å². The Labute approximate surface area is 156 Å². The quantitative estimate of drug-likeness (QED) is 0.658. The largest absolute Gasteiger partial charge is 0.469 e. The summed E-state index contributed by atoms with van der Waals surface area (Å²) in [6.45, 7) is 2.73. The van der Waals surface area contributed by atoms with E-state index in [-0.39, 0.29) is 17.9 Å². The van der Waals surface area contributed by atoms with Crippen LogP contribution in [0.2, 0.25) is 0 Å². The van der Waals surface area contributed by atoms with E-state index in [1.165, 1.54) is 24.5 Å². The van der Waals surface area contributed by atoms with Gasteiger partial charge in [-0.1, -0.05) is 12.1 Å². The van der Waals surface area contributed by atoms with Gasteiger partial charge in [-0.15, -0.1) is 11.3 Å². The molecule has 0 amide bonds. The van der Waals surface area contributed by atoms with Crippen LogP contribution in [-0.2, 0) is 20.8 Å². The topological polar surface area (TPSA) is 51.7 Å². The molecule has 0 radical (unpaired) electrons. The molecule has 1 saturated heterocycles. The lowest BCUT2D eigenvalue weighted by atomic mass is 10.2. The van der Waals surface area contributed by atoms with E-state index in [0.717, 1.165) is 31.7 Å². The van der Waals surface area contributed by atoms with Crippen molar-refractivity contribution in [1.82, 2.24) is 9.88 Å². The number of carbonyl (C=O) groups excluding carboxylic acids is 1. The molecular formula is C19H23FN2O3S. The molecule has 0 saturated carbocycles. The number of aromatic nitrogens is 1. The van der Waals surface area contributed by atoms with Gasteiger partial charge >= 0.3 is 5.97 Å². The SMILES string of the molecule is COC(=O)CCN(Cc1csc(-c2ccccc2F)n1)CC1CCCO1. The molecule has 0 bridgehead atoms. The fourth-order valence-corrected chi connectivity index (χ4v) is 3.87. The fourth-order valence-electron chi connectivity index (χ4n) is 3.03. The zero-order valence-electron chi connectivity index (χ0n) is 14.8. The van der Waals surface area contributed by atoms with Gasteiger partial charge < -0.3 is 9.47 Å². The third-order valence-corrected chi connectivity index (χ3v) is 5.31. The first kappa shape index (κ1) is 18.9. The Morgan fingerprint density at radius 1 is 1.46 bits per heavy atom. The maximum atomic E-state index is 14.0. The Hall–Kier alpha value is -1.83. The predicted octanol–water partition coefficient (Wildman–Crippen LogP) is 3.49. The minimum atomic E-state index is -0.268. The van der Waals surface area contributed by atoms with Crippen molar-refractivity contribution in [2.45, 2.75) is 31.9 Å². The molecule has 0 spiro atoms. The van der Waals surface area contributed by atoms with Gasteiger partial charge in [0.1, 0.15) is 10.8 Å². The van der Waals surface area contributed by atoms with Gasteiger partial charge in [-0.25, -0.2) is 9.37 Å². The highest BCUT2D eigenvalue weighted by Gasteiger charge is 2.21. The molecule has 1 aliphatic heterocycles. The number of hydrogen-bond donors (Lipinski definition) is 0. The minimum Gasteiger partial charge on any atom is -0.469 e. The van der Waals surface area contributed by atoms with E-state index in [0.29, 0.717) is 30.1 Å². The van der Waals surface area contributed by atoms with Crippen LogP contribution < -0.4 is 0 Å². The lowest BCUT2D eigenvalue weighted by Crippen LogP contribution is -2.33. The first-order valence-corrected chi connectivity index (χ1v) is 9.63. The normalized spacial score (nSPS) is 17.0. The number of methoxy groups -OCH3 is 1. The monoisotopic (exact) mass is 378 g/mol. The van der Waals surface area contributed by atoms with Crippen molar-refractivity contribution in [3.8, 4) is 10.6 Å². The lowest BCUT2D eigenvalue weighted by molar-refractivity contribution is -0.141. The van der Waals surface area contributed by atoms with Crippen LogP contribution in [0.5, 0.6) is 0 Å². The predicted molar refractivity (Wildman–Crippen MR) is 98.4 cm³/mol. The van der Waals surface area contributed by atoms with Gasteiger partial charge in [0.05, 0.1) is 25.3 Å². The van der Waals surface area contributed by atoms with E-state index in [4.69, 9.17) is 9.47 Å². The van der Waals surface area contributed by atoms with E-state index < -0.39 is 0 Å². The van der Waals surface area contributed by atoms with Crippen molar-refractivity contribution in [2.24, 2.45) is 0 Å². The van der Waals surface area contributed by atoms with Crippen LogP contribution in [0.3, 0.4) is 0 Å². The summed E-state index contributed by atoms with van der Waals surface area (Å²) in [6.07, 6.45) is 2.63. The third kappa shape index (κ3) is 5.09. The maximum Gasteiger partial charge on any atom is 0.306 e. The van der Waals surface area contributed by atoms with Crippen LogP contribution in [-0.4, -0.2) is 48.8 Å². The van der Waals surface area contributed by atoms with Crippen molar-refractivity contribution < 1.29 is 18.7 Å². The molecule has 1 atom stereocenters. The number of ether oxygens (including phenoxy) is 2. The smallest absolute Gasteiger partial charge is 0.306 e. The number of rotatable bonds is 8. The van der Waals surface area contributed by atoms with Crippen molar-refractivity contribution in [3.63, 3.8) is 0 Å². The number of halogens is 1. The number of esters is 1. The molecule has 2 aromatic rings. The molecule has 5 nitrogen and oxygen atoms in total. The maximum absolute atomic E-state index is 14.0. The second-order valence-electron chi connectivity index (χ2n) is 6.32. The average molecular weight is 378 g/mol. The van der Waals surface area contributed by atoms with Gasteiger partial charge in [0, 0.05) is 37.2 Å². The first-order valence-electron chi connectivity index (χ1n) is 8.76. The number of benzene rings is 1. The number of hydrogen-bond acceptors (Lipinski definition) is 6. The molecule has 26 heavy (non-hydrogen) atoms. The van der Waals surface area contributed by atoms with Gasteiger partial charge in [-0.05, 0) is 25.0 Å². The Morgan fingerprint density at radius 2 is 2.31 bits per heavy atom. The van der Waals surface area contributed by atoms with Crippen molar-refractivity contribution in [2.75, 3.05) is 26.8 Å². The second-order valence-corrected chi connectivity index (χ2v) is 7.18. The van der Waals surface area contributed by atoms with Crippen LogP contribution >= 0.6 is 11.3 Å². The lowest BCUT2D eigenvalue weighted by Gasteiger charge is -2.24. The van der Waals surface area contributed by atoms with Gasteiger partial charge in [0.2, 0.25) is 0 Å². The highest BCUT2D eigenvalue weighted by molar-refractivity contribution is 7.13. The van der Waals surface area contributed by atoms with Crippen molar-refractivity contribution in [3.05, 3.63) is 41.2 Å². The minimum absolute atomic E-state index is 0.192. The van der Waals surface area contributed by atoms with Gasteiger partial charge in [-0.3, -0.25) is 9.69 Å². The van der Waals surface area contributed by atoms with Crippen LogP contribution in [0.4, 0.5) is 4.39 Å². The molecule has 1 aromatic heterocycles. The third-order valence-electron chi connectivity index (χ3n) is 4.39. The molecule has 0 aliphatic carbocycles. The van der Waals surface area contributed by atoms with Crippen molar-refractivity contribution >= 4 is 17.3 Å². The van der Waals surface area contributed by atoms with Crippen LogP contribution in [0, 0.1) is 5.82 Å². The molecule has 1 fully saturated rings. The van der Waals surface area contributed by atoms with E-state index >= 15 is 0 Å². The standard InChI is InChI=1S/C19H23FN2O3S/c1-24-18(23)8-9-22(12-15-5-4-10-25-15)11-14-13-26-19(21-14)16-6-2-3-7-17(16)20/h2-3,6-7,13,15H,4-5,8-12H2,1H3. The Bertz CT molecular complexity index is 731. The Balaban J connectivity index is 1.67. The van der Waals surface area contributed by atoms with Gasteiger partial charge in [-0.2, -0.15) is 0 Å². The highest BCUT2D eigenvalue weighted by Crippen LogP contribution is 2.26. The van der Waals surface area contributed by atoms with Crippen LogP contribution in [0.25, 0.3) is 10.6 Å². The number of nitrogens with zero attached hydrogens (tertiary/aromatic N) is 2. The number of carbonyl (C=O) groups is 1. The molecular weight excluding hydrogens is 355 g/mol. The Kier molecular flexibility index (Phi) is 6.71. The van der Waals surface area contributed by atoms with E-state index in [1.54, 1.807) is 18.2 Å². The molecule has 3 rings (SSSR count). The summed E-state index contributed by atoms with van der Waals surface area (Å²) >= 11 is 1.43. The molecule has 0 N–H and O–H groups in total. The summed E-state index contributed by atoms with van der Waals surface area (Å²) in [7, 11) is 1.40. The van der Waals surface area contributed by atoms with E-state index in [2.05, 4.69) is 9.88 Å². The molecule has 1 aliphatic rings. The fraction of sp³-hybridized carbons (Fsp3) is 0.474. The van der Waals surface area contributed by atoms with Crippen LogP contribution in [0.1, 0.15) is 25.0 Å². The molecule has 7 heteroatoms.